The zero-order valence-corrected chi connectivity index (χ0v) is 14.9. The van der Waals surface area contributed by atoms with E-state index in [2.05, 4.69) is 78.9 Å². The molecule has 0 radical (unpaired) electrons. The van der Waals surface area contributed by atoms with E-state index in [1.807, 2.05) is 6.07 Å². The molecule has 1 spiro atoms. The van der Waals surface area contributed by atoms with Gasteiger partial charge in [-0.15, -0.1) is 0 Å². The van der Waals surface area contributed by atoms with Crippen molar-refractivity contribution >= 4 is 5.57 Å². The highest BCUT2D eigenvalue weighted by Gasteiger charge is 2.52. The Morgan fingerprint density at radius 2 is 1.48 bits per heavy atom. The average molecular weight is 343 g/mol. The fourth-order valence-electron chi connectivity index (χ4n) is 5.44. The highest BCUT2D eigenvalue weighted by molar-refractivity contribution is 5.96. The molecule has 126 valence electrons. The molecule has 3 aliphatic rings. The van der Waals surface area contributed by atoms with Crippen LogP contribution < -0.4 is 0 Å². The van der Waals surface area contributed by atoms with E-state index in [4.69, 9.17) is 0 Å². The summed E-state index contributed by atoms with van der Waals surface area (Å²) < 4.78 is 0. The molecule has 27 heavy (non-hydrogen) atoms. The van der Waals surface area contributed by atoms with E-state index < -0.39 is 0 Å². The van der Waals surface area contributed by atoms with Crippen molar-refractivity contribution in [3.63, 3.8) is 0 Å². The first-order valence-electron chi connectivity index (χ1n) is 9.50. The molecule has 0 bridgehead atoms. The van der Waals surface area contributed by atoms with Gasteiger partial charge in [0.1, 0.15) is 0 Å². The Hall–Kier alpha value is -3.37. The minimum atomic E-state index is -0.290. The van der Waals surface area contributed by atoms with Crippen molar-refractivity contribution in [1.29, 1.82) is 5.26 Å². The Kier molecular flexibility index (Phi) is 2.78. The maximum atomic E-state index is 9.57. The van der Waals surface area contributed by atoms with Crippen LogP contribution in [0.4, 0.5) is 0 Å². The third kappa shape index (κ3) is 1.64. The van der Waals surface area contributed by atoms with Crippen molar-refractivity contribution in [2.45, 2.75) is 18.3 Å². The molecule has 1 nitrogen and oxygen atoms in total. The van der Waals surface area contributed by atoms with E-state index in [1.54, 1.807) is 0 Å². The zero-order chi connectivity index (χ0) is 18.0. The van der Waals surface area contributed by atoms with Gasteiger partial charge in [0, 0.05) is 0 Å². The fraction of sp³-hybridized carbons (Fsp3) is 0.115. The van der Waals surface area contributed by atoms with Crippen LogP contribution in [0, 0.1) is 11.3 Å². The minimum Gasteiger partial charge on any atom is -0.192 e. The van der Waals surface area contributed by atoms with Gasteiger partial charge >= 0.3 is 0 Å². The lowest BCUT2D eigenvalue weighted by atomic mass is 9.69. The molecule has 1 unspecified atom stereocenters. The molecule has 1 heteroatoms. The van der Waals surface area contributed by atoms with Gasteiger partial charge in [-0.05, 0) is 69.5 Å². The second-order valence-corrected chi connectivity index (χ2v) is 7.55. The average Bonchev–Trinajstić information content (AvgIpc) is 3.21. The van der Waals surface area contributed by atoms with Gasteiger partial charge in [0.2, 0.25) is 0 Å². The predicted octanol–water partition coefficient (Wildman–Crippen LogP) is 5.99. The molecule has 0 heterocycles. The number of fused-ring (bicyclic) bond motifs is 9. The molecule has 0 fully saturated rings. The van der Waals surface area contributed by atoms with Crippen LogP contribution in [0.5, 0.6) is 0 Å². The summed E-state index contributed by atoms with van der Waals surface area (Å²) in [5.41, 5.74) is 11.2. The highest BCUT2D eigenvalue weighted by atomic mass is 14.5. The molecule has 0 saturated heterocycles. The number of benzene rings is 3. The molecule has 3 aliphatic carbocycles. The summed E-state index contributed by atoms with van der Waals surface area (Å²) in [5, 5.41) is 9.57. The maximum absolute atomic E-state index is 9.57. The zero-order valence-electron chi connectivity index (χ0n) is 14.9. The molecular weight excluding hydrogens is 326 g/mol. The van der Waals surface area contributed by atoms with E-state index in [0.29, 0.717) is 0 Å². The normalized spacial score (nSPS) is 20.9. The number of hydrogen-bond donors (Lipinski definition) is 0. The summed E-state index contributed by atoms with van der Waals surface area (Å²) in [6, 6.07) is 26.2. The van der Waals surface area contributed by atoms with Crippen LogP contribution in [-0.4, -0.2) is 0 Å². The van der Waals surface area contributed by atoms with Gasteiger partial charge in [-0.2, -0.15) is 5.26 Å². The molecule has 0 saturated carbocycles. The quantitative estimate of drug-likeness (QED) is 0.492. The van der Waals surface area contributed by atoms with Crippen LogP contribution in [0.3, 0.4) is 0 Å². The summed E-state index contributed by atoms with van der Waals surface area (Å²) in [5.74, 6) is 0. The van der Waals surface area contributed by atoms with Crippen LogP contribution in [0.1, 0.15) is 40.7 Å². The molecule has 0 amide bonds. The second-order valence-electron chi connectivity index (χ2n) is 7.55. The maximum Gasteiger partial charge on any atom is 0.0991 e. The van der Waals surface area contributed by atoms with Gasteiger partial charge in [-0.3, -0.25) is 0 Å². The Morgan fingerprint density at radius 3 is 2.30 bits per heavy atom. The number of hydrogen-bond acceptors (Lipinski definition) is 1. The smallest absolute Gasteiger partial charge is 0.0991 e. The van der Waals surface area contributed by atoms with Gasteiger partial charge in [0.15, 0.2) is 0 Å². The number of allylic oxidation sites excluding steroid dienone is 4. The third-order valence-corrected chi connectivity index (χ3v) is 6.40. The van der Waals surface area contributed by atoms with Crippen molar-refractivity contribution in [3.8, 4) is 17.2 Å². The van der Waals surface area contributed by atoms with Gasteiger partial charge in [0.25, 0.3) is 0 Å². The monoisotopic (exact) mass is 343 g/mol. The third-order valence-electron chi connectivity index (χ3n) is 6.40. The Bertz CT molecular complexity index is 1240. The number of nitrogens with zero attached hydrogens (tertiary/aromatic N) is 1. The number of rotatable bonds is 0. The highest BCUT2D eigenvalue weighted by Crippen LogP contribution is 2.63. The summed E-state index contributed by atoms with van der Waals surface area (Å²) in [6.07, 6.45) is 6.82. The summed E-state index contributed by atoms with van der Waals surface area (Å²) in [4.78, 5) is 0. The van der Waals surface area contributed by atoms with E-state index in [0.717, 1.165) is 18.4 Å². The first-order valence-corrected chi connectivity index (χ1v) is 9.50. The largest absolute Gasteiger partial charge is 0.192 e. The molecule has 0 N–H and O–H groups in total. The van der Waals surface area contributed by atoms with Crippen molar-refractivity contribution in [2.75, 3.05) is 0 Å². The Balaban J connectivity index is 1.83. The summed E-state index contributed by atoms with van der Waals surface area (Å²) >= 11 is 0. The summed E-state index contributed by atoms with van der Waals surface area (Å²) in [6.45, 7) is 0. The van der Waals surface area contributed by atoms with Gasteiger partial charge in [0.05, 0.1) is 17.0 Å². The van der Waals surface area contributed by atoms with E-state index >= 15 is 0 Å². The predicted molar refractivity (Wildman–Crippen MR) is 108 cm³/mol. The molecule has 0 aromatic heterocycles. The topological polar surface area (TPSA) is 23.8 Å². The lowest BCUT2D eigenvalue weighted by Gasteiger charge is -2.32. The summed E-state index contributed by atoms with van der Waals surface area (Å²) in [7, 11) is 0. The Labute approximate surface area is 158 Å². The van der Waals surface area contributed by atoms with Gasteiger partial charge in [-0.25, -0.2) is 0 Å². The molecule has 1 atom stereocenters. The number of nitriles is 1. The fourth-order valence-corrected chi connectivity index (χ4v) is 5.44. The van der Waals surface area contributed by atoms with Crippen LogP contribution in [0.15, 0.2) is 84.5 Å². The minimum absolute atomic E-state index is 0.290. The lowest BCUT2D eigenvalue weighted by Crippen LogP contribution is -2.27. The van der Waals surface area contributed by atoms with E-state index in [-0.39, 0.29) is 5.41 Å². The first-order chi connectivity index (χ1) is 13.4. The van der Waals surface area contributed by atoms with Crippen molar-refractivity contribution < 1.29 is 0 Å². The molecular formula is C26H17N. The molecule has 0 aliphatic heterocycles. The van der Waals surface area contributed by atoms with E-state index in [1.165, 1.54) is 44.5 Å². The van der Waals surface area contributed by atoms with E-state index in [9.17, 15) is 5.26 Å². The van der Waals surface area contributed by atoms with Crippen LogP contribution in [0.2, 0.25) is 0 Å². The molecule has 3 aromatic rings. The van der Waals surface area contributed by atoms with Gasteiger partial charge < -0.3 is 0 Å². The van der Waals surface area contributed by atoms with Crippen molar-refractivity contribution in [3.05, 3.63) is 112 Å². The van der Waals surface area contributed by atoms with Crippen LogP contribution >= 0.6 is 0 Å². The first kappa shape index (κ1) is 14.8. The SMILES string of the molecule is N#Cc1ccc2c(c1)C1(C3=C(CCC=C3)c3ccccc31)c1ccccc1-2. The van der Waals surface area contributed by atoms with Crippen LogP contribution in [-0.2, 0) is 5.41 Å². The Morgan fingerprint density at radius 1 is 0.778 bits per heavy atom. The molecule has 3 aromatic carbocycles. The standard InChI is InChI=1S/C26H17N/c27-16-17-13-14-21-20-9-3-6-12-24(20)26(25(21)15-17)22-10-4-1-7-18(22)19-8-2-5-11-23(19)26/h1,3-7,9-15H,2,8H2. The van der Waals surface area contributed by atoms with Crippen molar-refractivity contribution in [1.82, 2.24) is 0 Å². The van der Waals surface area contributed by atoms with Gasteiger partial charge in [-0.1, -0.05) is 66.7 Å². The van der Waals surface area contributed by atoms with Crippen molar-refractivity contribution in [2.24, 2.45) is 0 Å². The molecule has 6 rings (SSSR count). The lowest BCUT2D eigenvalue weighted by molar-refractivity contribution is 0.780. The van der Waals surface area contributed by atoms with Crippen LogP contribution in [0.25, 0.3) is 16.7 Å². The second kappa shape index (κ2) is 5.09.